The van der Waals surface area contributed by atoms with Crippen LogP contribution in [-0.2, 0) is 9.53 Å². The summed E-state index contributed by atoms with van der Waals surface area (Å²) >= 11 is 6.15. The molecular weight excluding hydrogens is 344 g/mol. The van der Waals surface area contributed by atoms with E-state index in [2.05, 4.69) is 10.6 Å². The fourth-order valence-corrected chi connectivity index (χ4v) is 2.90. The average Bonchev–Trinajstić information content (AvgIpc) is 2.54. The highest BCUT2D eigenvalue weighted by Crippen LogP contribution is 2.37. The third-order valence-corrected chi connectivity index (χ3v) is 3.97. The van der Waals surface area contributed by atoms with E-state index < -0.39 is 18.0 Å². The zero-order valence-corrected chi connectivity index (χ0v) is 15.7. The molecule has 1 aromatic rings. The first-order valence-corrected chi connectivity index (χ1v) is 8.48. The number of methoxy groups -OCH3 is 1. The molecule has 0 spiro atoms. The van der Waals surface area contributed by atoms with Gasteiger partial charge < -0.3 is 20.1 Å². The molecule has 2 rings (SSSR count). The van der Waals surface area contributed by atoms with Crippen LogP contribution in [-0.4, -0.2) is 25.2 Å². The average molecular weight is 367 g/mol. The first kappa shape index (κ1) is 19.1. The molecule has 25 heavy (non-hydrogen) atoms. The Kier molecular flexibility index (Phi) is 5.95. The Labute approximate surface area is 152 Å². The maximum Gasteiger partial charge on any atom is 0.337 e. The lowest BCUT2D eigenvalue weighted by atomic mass is 9.91. The summed E-state index contributed by atoms with van der Waals surface area (Å²) in [6.07, 6.45) is -0.0764. The quantitative estimate of drug-likeness (QED) is 0.781. The van der Waals surface area contributed by atoms with Gasteiger partial charge in [-0.1, -0.05) is 25.4 Å². The zero-order chi connectivity index (χ0) is 18.7. The number of ether oxygens (including phenoxy) is 2. The molecule has 2 amide bonds. The van der Waals surface area contributed by atoms with Gasteiger partial charge in [-0.3, -0.25) is 0 Å². The van der Waals surface area contributed by atoms with Gasteiger partial charge in [0.1, 0.15) is 5.75 Å². The van der Waals surface area contributed by atoms with Crippen LogP contribution < -0.4 is 15.4 Å². The van der Waals surface area contributed by atoms with Crippen LogP contribution in [0.1, 0.15) is 39.3 Å². The van der Waals surface area contributed by atoms with Crippen LogP contribution in [0.4, 0.5) is 4.79 Å². The zero-order valence-electron chi connectivity index (χ0n) is 15.0. The van der Waals surface area contributed by atoms with Gasteiger partial charge in [0.2, 0.25) is 0 Å². The number of carbonyl (C=O) groups excluding carboxylic acids is 2. The van der Waals surface area contributed by atoms with Gasteiger partial charge in [0.25, 0.3) is 0 Å². The summed E-state index contributed by atoms with van der Waals surface area (Å²) in [5.74, 6) is -0.0379. The monoisotopic (exact) mass is 366 g/mol. The van der Waals surface area contributed by atoms with Crippen LogP contribution in [0.3, 0.4) is 0 Å². The molecule has 1 atom stereocenters. The smallest absolute Gasteiger partial charge is 0.337 e. The van der Waals surface area contributed by atoms with Crippen LogP contribution in [0, 0.1) is 5.92 Å². The first-order chi connectivity index (χ1) is 11.7. The van der Waals surface area contributed by atoms with Gasteiger partial charge in [-0.15, -0.1) is 0 Å². The Balaban J connectivity index is 2.65. The van der Waals surface area contributed by atoms with Gasteiger partial charge in [-0.25, -0.2) is 9.59 Å². The van der Waals surface area contributed by atoms with Crippen LogP contribution in [0.15, 0.2) is 29.5 Å². The molecule has 6 nitrogen and oxygen atoms in total. The second kappa shape index (κ2) is 7.78. The molecule has 0 aromatic heterocycles. The van der Waals surface area contributed by atoms with Crippen molar-refractivity contribution in [2.24, 2.45) is 5.92 Å². The van der Waals surface area contributed by atoms with Crippen molar-refractivity contribution in [1.29, 1.82) is 0 Å². The van der Waals surface area contributed by atoms with E-state index in [9.17, 15) is 9.59 Å². The van der Waals surface area contributed by atoms with Crippen LogP contribution in [0.5, 0.6) is 5.75 Å². The molecule has 1 aromatic carbocycles. The molecule has 1 unspecified atom stereocenters. The van der Waals surface area contributed by atoms with Gasteiger partial charge in [0.05, 0.1) is 24.8 Å². The van der Waals surface area contributed by atoms with Crippen molar-refractivity contribution in [3.8, 4) is 5.75 Å². The molecule has 0 radical (unpaired) electrons. The van der Waals surface area contributed by atoms with E-state index >= 15 is 0 Å². The standard InChI is InChI=1S/C18H23ClN2O4/c1-9(2)15-14(17(22)24-5)16(21-18(23)20-15)12-8-11(19)6-7-13(12)25-10(3)4/h6-10,16H,1-5H3,(H2,20,21,23). The predicted molar refractivity (Wildman–Crippen MR) is 95.5 cm³/mol. The van der Waals surface area contributed by atoms with Crippen LogP contribution in [0.2, 0.25) is 5.02 Å². The molecule has 0 saturated heterocycles. The number of carbonyl (C=O) groups is 2. The van der Waals surface area contributed by atoms with Crippen molar-refractivity contribution in [1.82, 2.24) is 10.6 Å². The Morgan fingerprint density at radius 1 is 1.24 bits per heavy atom. The van der Waals surface area contributed by atoms with Gasteiger partial charge in [-0.2, -0.15) is 0 Å². The molecule has 1 aliphatic heterocycles. The first-order valence-electron chi connectivity index (χ1n) is 8.10. The predicted octanol–water partition coefficient (Wildman–Crippen LogP) is 3.56. The number of halogens is 1. The number of allylic oxidation sites excluding steroid dienone is 1. The van der Waals surface area contributed by atoms with Gasteiger partial charge in [0.15, 0.2) is 0 Å². The van der Waals surface area contributed by atoms with Gasteiger partial charge >= 0.3 is 12.0 Å². The SMILES string of the molecule is COC(=O)C1=C(C(C)C)NC(=O)NC1c1cc(Cl)ccc1OC(C)C. The summed E-state index contributed by atoms with van der Waals surface area (Å²) in [4.78, 5) is 24.6. The fraction of sp³-hybridized carbons (Fsp3) is 0.444. The van der Waals surface area contributed by atoms with Crippen molar-refractivity contribution in [3.63, 3.8) is 0 Å². The van der Waals surface area contributed by atoms with E-state index in [1.165, 1.54) is 7.11 Å². The summed E-state index contributed by atoms with van der Waals surface area (Å²) in [5, 5.41) is 5.97. The van der Waals surface area contributed by atoms with Crippen LogP contribution in [0.25, 0.3) is 0 Å². The molecule has 7 heteroatoms. The van der Waals surface area contributed by atoms with E-state index in [4.69, 9.17) is 21.1 Å². The molecule has 0 saturated carbocycles. The lowest BCUT2D eigenvalue weighted by Crippen LogP contribution is -2.47. The Bertz CT molecular complexity index is 713. The third kappa shape index (κ3) is 4.25. The summed E-state index contributed by atoms with van der Waals surface area (Å²) in [6.45, 7) is 7.58. The summed E-state index contributed by atoms with van der Waals surface area (Å²) in [6, 6.07) is 4.02. The number of amides is 2. The number of benzene rings is 1. The minimum atomic E-state index is -0.717. The Morgan fingerprint density at radius 3 is 2.48 bits per heavy atom. The molecule has 2 N–H and O–H groups in total. The number of esters is 1. The van der Waals surface area contributed by atoms with E-state index in [-0.39, 0.29) is 12.0 Å². The Hall–Kier alpha value is -2.21. The Morgan fingerprint density at radius 2 is 1.92 bits per heavy atom. The maximum atomic E-state index is 12.4. The van der Waals surface area contributed by atoms with Crippen molar-refractivity contribution >= 4 is 23.6 Å². The maximum absolute atomic E-state index is 12.4. The highest BCUT2D eigenvalue weighted by Gasteiger charge is 2.36. The van der Waals surface area contributed by atoms with E-state index in [1.54, 1.807) is 18.2 Å². The fourth-order valence-electron chi connectivity index (χ4n) is 2.72. The van der Waals surface area contributed by atoms with Crippen molar-refractivity contribution < 1.29 is 19.1 Å². The number of nitrogens with one attached hydrogen (secondary N) is 2. The van der Waals surface area contributed by atoms with E-state index in [1.807, 2.05) is 27.7 Å². The van der Waals surface area contributed by atoms with Crippen molar-refractivity contribution in [2.45, 2.75) is 39.8 Å². The van der Waals surface area contributed by atoms with Gasteiger partial charge in [0, 0.05) is 16.3 Å². The molecular formula is C18H23ClN2O4. The van der Waals surface area contributed by atoms with Crippen molar-refractivity contribution in [3.05, 3.63) is 40.1 Å². The normalized spacial score (nSPS) is 17.4. The van der Waals surface area contributed by atoms with E-state index in [0.717, 1.165) is 0 Å². The number of hydrogen-bond acceptors (Lipinski definition) is 4. The molecule has 0 fully saturated rings. The minimum Gasteiger partial charge on any atom is -0.491 e. The highest BCUT2D eigenvalue weighted by atomic mass is 35.5. The topological polar surface area (TPSA) is 76.7 Å². The highest BCUT2D eigenvalue weighted by molar-refractivity contribution is 6.30. The summed E-state index contributed by atoms with van der Waals surface area (Å²) in [5.41, 5.74) is 1.47. The number of hydrogen-bond donors (Lipinski definition) is 2. The largest absolute Gasteiger partial charge is 0.491 e. The molecule has 136 valence electrons. The molecule has 1 heterocycles. The molecule has 0 aliphatic carbocycles. The second-order valence-corrected chi connectivity index (χ2v) is 6.79. The lowest BCUT2D eigenvalue weighted by Gasteiger charge is -2.31. The van der Waals surface area contributed by atoms with Crippen LogP contribution >= 0.6 is 11.6 Å². The summed E-state index contributed by atoms with van der Waals surface area (Å²) in [7, 11) is 1.31. The summed E-state index contributed by atoms with van der Waals surface area (Å²) < 4.78 is 10.8. The van der Waals surface area contributed by atoms with E-state index in [0.29, 0.717) is 27.6 Å². The molecule has 0 bridgehead atoms. The van der Waals surface area contributed by atoms with Gasteiger partial charge in [-0.05, 0) is 38.0 Å². The lowest BCUT2D eigenvalue weighted by molar-refractivity contribution is -0.136. The van der Waals surface area contributed by atoms with Crippen molar-refractivity contribution in [2.75, 3.05) is 7.11 Å². The number of urea groups is 1. The third-order valence-electron chi connectivity index (χ3n) is 3.73. The minimum absolute atomic E-state index is 0.0729. The number of rotatable bonds is 5. The second-order valence-electron chi connectivity index (χ2n) is 6.35. The molecule has 1 aliphatic rings.